The molecule has 88 valence electrons. The molecule has 7 heteroatoms. The first-order valence-corrected chi connectivity index (χ1v) is 5.17. The van der Waals surface area contributed by atoms with Crippen LogP contribution in [0.3, 0.4) is 0 Å². The number of benzene rings is 1. The van der Waals surface area contributed by atoms with Crippen LogP contribution in [0.5, 0.6) is 0 Å². The molecule has 6 nitrogen and oxygen atoms in total. The van der Waals surface area contributed by atoms with E-state index in [-0.39, 0.29) is 11.3 Å². The van der Waals surface area contributed by atoms with Crippen molar-refractivity contribution in [3.05, 3.63) is 38.3 Å². The number of halogens is 1. The van der Waals surface area contributed by atoms with E-state index in [1.54, 1.807) is 0 Å². The summed E-state index contributed by atoms with van der Waals surface area (Å²) in [7, 11) is 0. The summed E-state index contributed by atoms with van der Waals surface area (Å²) in [6, 6.07) is 4.06. The minimum Gasteiger partial charge on any atom is -0.394 e. The summed E-state index contributed by atoms with van der Waals surface area (Å²) in [5, 5.41) is 38.2. The Balaban J connectivity index is 3.17. The van der Waals surface area contributed by atoms with Crippen LogP contribution in [0.15, 0.2) is 22.7 Å². The highest BCUT2D eigenvalue weighted by molar-refractivity contribution is 9.10. The lowest BCUT2D eigenvalue weighted by Crippen LogP contribution is -2.22. The number of hydrogen-bond donors (Lipinski definition) is 3. The summed E-state index contributed by atoms with van der Waals surface area (Å²) in [5.74, 6) is 0. The van der Waals surface area contributed by atoms with Crippen LogP contribution in [0.2, 0.25) is 0 Å². The summed E-state index contributed by atoms with van der Waals surface area (Å²) in [6.07, 6.45) is -2.93. The average Bonchev–Trinajstić information content (AvgIpc) is 2.26. The molecule has 0 radical (unpaired) electrons. The van der Waals surface area contributed by atoms with Crippen molar-refractivity contribution >= 4 is 21.6 Å². The molecular formula is C9H10BrNO5. The van der Waals surface area contributed by atoms with Gasteiger partial charge in [0.25, 0.3) is 5.69 Å². The number of nitrogens with zero attached hydrogens (tertiary/aromatic N) is 1. The molecule has 16 heavy (non-hydrogen) atoms. The van der Waals surface area contributed by atoms with E-state index in [0.717, 1.165) is 0 Å². The zero-order valence-electron chi connectivity index (χ0n) is 8.08. The fourth-order valence-corrected chi connectivity index (χ4v) is 1.58. The summed E-state index contributed by atoms with van der Waals surface area (Å²) in [4.78, 5) is 10.1. The highest BCUT2D eigenvalue weighted by Gasteiger charge is 2.25. The van der Waals surface area contributed by atoms with Gasteiger partial charge in [-0.1, -0.05) is 15.9 Å². The number of aliphatic hydroxyl groups excluding tert-OH is 3. The molecule has 0 bridgehead atoms. The quantitative estimate of drug-likeness (QED) is 0.561. The van der Waals surface area contributed by atoms with Crippen molar-refractivity contribution in [2.45, 2.75) is 12.2 Å². The van der Waals surface area contributed by atoms with Crippen molar-refractivity contribution in [3.8, 4) is 0 Å². The fraction of sp³-hybridized carbons (Fsp3) is 0.333. The first-order valence-electron chi connectivity index (χ1n) is 4.38. The van der Waals surface area contributed by atoms with Gasteiger partial charge in [0.2, 0.25) is 0 Å². The summed E-state index contributed by atoms with van der Waals surface area (Å²) < 4.78 is 0.494. The van der Waals surface area contributed by atoms with Gasteiger partial charge in [0.15, 0.2) is 0 Å². The third-order valence-corrected chi connectivity index (χ3v) is 2.55. The molecule has 0 aliphatic heterocycles. The van der Waals surface area contributed by atoms with E-state index in [1.807, 2.05) is 0 Å². The van der Waals surface area contributed by atoms with E-state index in [1.165, 1.54) is 18.2 Å². The number of hydrogen-bond acceptors (Lipinski definition) is 5. The van der Waals surface area contributed by atoms with Gasteiger partial charge in [-0.3, -0.25) is 10.1 Å². The Labute approximate surface area is 99.4 Å². The van der Waals surface area contributed by atoms with Gasteiger partial charge in [-0.25, -0.2) is 0 Å². The second kappa shape index (κ2) is 5.35. The van der Waals surface area contributed by atoms with Gasteiger partial charge in [-0.2, -0.15) is 0 Å². The second-order valence-electron chi connectivity index (χ2n) is 3.16. The highest BCUT2D eigenvalue weighted by Crippen LogP contribution is 2.29. The van der Waals surface area contributed by atoms with Crippen LogP contribution in [0.1, 0.15) is 11.7 Å². The van der Waals surface area contributed by atoms with Crippen LogP contribution in [0.25, 0.3) is 0 Å². The van der Waals surface area contributed by atoms with E-state index >= 15 is 0 Å². The van der Waals surface area contributed by atoms with Gasteiger partial charge in [0, 0.05) is 10.5 Å². The Bertz CT molecular complexity index is 397. The average molecular weight is 292 g/mol. The maximum absolute atomic E-state index is 10.7. The molecule has 1 aromatic rings. The van der Waals surface area contributed by atoms with Gasteiger partial charge >= 0.3 is 0 Å². The predicted molar refractivity (Wildman–Crippen MR) is 58.8 cm³/mol. The summed E-state index contributed by atoms with van der Waals surface area (Å²) in [6.45, 7) is -0.672. The molecule has 0 aliphatic rings. The Morgan fingerprint density at radius 1 is 1.44 bits per heavy atom. The van der Waals surface area contributed by atoms with E-state index in [2.05, 4.69) is 15.9 Å². The SMILES string of the molecule is O=[N+]([O-])c1cc(Br)ccc1C(O)C(O)CO. The molecule has 0 saturated carbocycles. The van der Waals surface area contributed by atoms with Crippen LogP contribution in [0.4, 0.5) is 5.69 Å². The van der Waals surface area contributed by atoms with Crippen molar-refractivity contribution in [1.82, 2.24) is 0 Å². The highest BCUT2D eigenvalue weighted by atomic mass is 79.9. The first-order chi connectivity index (χ1) is 7.47. The summed E-state index contributed by atoms with van der Waals surface area (Å²) in [5.41, 5.74) is -0.343. The molecule has 3 N–H and O–H groups in total. The second-order valence-corrected chi connectivity index (χ2v) is 4.07. The molecule has 0 amide bonds. The topological polar surface area (TPSA) is 104 Å². The van der Waals surface area contributed by atoms with Crippen LogP contribution in [-0.4, -0.2) is 33.0 Å². The van der Waals surface area contributed by atoms with Crippen LogP contribution < -0.4 is 0 Å². The molecule has 1 aromatic carbocycles. The Kier molecular flexibility index (Phi) is 4.36. The molecule has 1 rings (SSSR count). The van der Waals surface area contributed by atoms with Gasteiger partial charge in [0.05, 0.1) is 17.1 Å². The van der Waals surface area contributed by atoms with Crippen LogP contribution in [0, 0.1) is 10.1 Å². The Morgan fingerprint density at radius 3 is 2.56 bits per heavy atom. The van der Waals surface area contributed by atoms with Crippen molar-refractivity contribution < 1.29 is 20.2 Å². The number of nitro benzene ring substituents is 1. The number of nitro groups is 1. The summed E-state index contributed by atoms with van der Waals surface area (Å²) >= 11 is 3.07. The molecular weight excluding hydrogens is 282 g/mol. The zero-order valence-corrected chi connectivity index (χ0v) is 9.66. The lowest BCUT2D eigenvalue weighted by Gasteiger charge is -2.15. The lowest BCUT2D eigenvalue weighted by atomic mass is 10.0. The van der Waals surface area contributed by atoms with E-state index in [0.29, 0.717) is 4.47 Å². The molecule has 0 saturated heterocycles. The third kappa shape index (κ3) is 2.76. The standard InChI is InChI=1S/C9H10BrNO5/c10-5-1-2-6(7(3-5)11(15)16)9(14)8(13)4-12/h1-3,8-9,12-14H,4H2. The van der Waals surface area contributed by atoms with Crippen LogP contribution in [-0.2, 0) is 0 Å². The van der Waals surface area contributed by atoms with E-state index in [9.17, 15) is 20.3 Å². The molecule has 0 aromatic heterocycles. The van der Waals surface area contributed by atoms with Crippen LogP contribution >= 0.6 is 15.9 Å². The van der Waals surface area contributed by atoms with Crippen molar-refractivity contribution in [1.29, 1.82) is 0 Å². The van der Waals surface area contributed by atoms with Gasteiger partial charge in [-0.05, 0) is 12.1 Å². The number of rotatable bonds is 4. The maximum atomic E-state index is 10.7. The minimum absolute atomic E-state index is 0.0326. The van der Waals surface area contributed by atoms with Crippen molar-refractivity contribution in [2.75, 3.05) is 6.61 Å². The first kappa shape index (κ1) is 13.0. The van der Waals surface area contributed by atoms with Crippen molar-refractivity contribution in [2.24, 2.45) is 0 Å². The van der Waals surface area contributed by atoms with Gasteiger partial charge in [0.1, 0.15) is 12.2 Å². The minimum atomic E-state index is -1.49. The molecule has 0 aliphatic carbocycles. The number of aliphatic hydroxyl groups is 3. The Morgan fingerprint density at radius 2 is 2.06 bits per heavy atom. The molecule has 2 unspecified atom stereocenters. The fourth-order valence-electron chi connectivity index (χ4n) is 1.23. The van der Waals surface area contributed by atoms with Crippen molar-refractivity contribution in [3.63, 3.8) is 0 Å². The van der Waals surface area contributed by atoms with E-state index in [4.69, 9.17) is 5.11 Å². The molecule has 0 heterocycles. The Hall–Kier alpha value is -1.02. The third-order valence-electron chi connectivity index (χ3n) is 2.06. The van der Waals surface area contributed by atoms with Gasteiger partial charge in [-0.15, -0.1) is 0 Å². The monoisotopic (exact) mass is 291 g/mol. The molecule has 0 spiro atoms. The largest absolute Gasteiger partial charge is 0.394 e. The lowest BCUT2D eigenvalue weighted by molar-refractivity contribution is -0.386. The van der Waals surface area contributed by atoms with Gasteiger partial charge < -0.3 is 15.3 Å². The molecule has 2 atom stereocenters. The van der Waals surface area contributed by atoms with E-state index < -0.39 is 23.7 Å². The smallest absolute Gasteiger partial charge is 0.276 e. The molecule has 0 fully saturated rings. The zero-order chi connectivity index (χ0) is 12.3. The maximum Gasteiger partial charge on any atom is 0.276 e. The predicted octanol–water partition coefficient (Wildman–Crippen LogP) is 0.744. The normalized spacial score (nSPS) is 14.5.